The van der Waals surface area contributed by atoms with Crippen LogP contribution in [0.1, 0.15) is 29.1 Å². The molecule has 2 aromatic heterocycles. The molecular weight excluding hydrogens is 290 g/mol. The third-order valence-corrected chi connectivity index (χ3v) is 4.40. The van der Waals surface area contributed by atoms with E-state index in [9.17, 15) is 9.90 Å². The van der Waals surface area contributed by atoms with Gasteiger partial charge in [-0.15, -0.1) is 11.3 Å². The number of thiophene rings is 1. The molecule has 0 saturated carbocycles. The summed E-state index contributed by atoms with van der Waals surface area (Å²) in [6, 6.07) is 0. The number of likely N-dealkylation sites (N-methyl/N-ethyl adjacent to an activating group) is 1. The first-order valence-electron chi connectivity index (χ1n) is 6.91. The van der Waals surface area contributed by atoms with Gasteiger partial charge < -0.3 is 14.7 Å². The topological polar surface area (TPSA) is 75.5 Å². The standard InChI is InChI=1S/C14H19N3O3S/c1-4-17(6-7-18)12-10-9(3)11(14(19)20-5-2)21-13(10)16-8-15-12/h8,18H,4-7H2,1-3H3. The number of ether oxygens (including phenoxy) is 1. The van der Waals surface area contributed by atoms with E-state index in [4.69, 9.17) is 4.74 Å². The van der Waals surface area contributed by atoms with Gasteiger partial charge in [-0.1, -0.05) is 0 Å². The number of carbonyl (C=O) groups is 1. The number of aromatic nitrogens is 2. The van der Waals surface area contributed by atoms with Crippen LogP contribution in [0.3, 0.4) is 0 Å². The summed E-state index contributed by atoms with van der Waals surface area (Å²) in [6.07, 6.45) is 1.49. The predicted molar refractivity (Wildman–Crippen MR) is 83.1 cm³/mol. The normalized spacial score (nSPS) is 10.9. The molecule has 0 radical (unpaired) electrons. The number of fused-ring (bicyclic) bond motifs is 1. The largest absolute Gasteiger partial charge is 0.462 e. The van der Waals surface area contributed by atoms with E-state index in [-0.39, 0.29) is 12.6 Å². The Labute approximate surface area is 127 Å². The Hall–Kier alpha value is -1.73. The highest BCUT2D eigenvalue weighted by Gasteiger charge is 2.21. The Morgan fingerprint density at radius 2 is 2.19 bits per heavy atom. The van der Waals surface area contributed by atoms with Crippen LogP contribution in [0, 0.1) is 6.92 Å². The van der Waals surface area contributed by atoms with Crippen molar-refractivity contribution >= 4 is 33.3 Å². The molecule has 0 aromatic carbocycles. The van der Waals surface area contributed by atoms with E-state index in [1.54, 1.807) is 6.92 Å². The number of aryl methyl sites for hydroxylation is 1. The van der Waals surface area contributed by atoms with Crippen molar-refractivity contribution in [1.82, 2.24) is 9.97 Å². The van der Waals surface area contributed by atoms with Crippen LogP contribution in [0.4, 0.5) is 5.82 Å². The second-order valence-electron chi connectivity index (χ2n) is 4.46. The van der Waals surface area contributed by atoms with Crippen LogP contribution < -0.4 is 4.90 Å². The number of aliphatic hydroxyl groups excluding tert-OH is 1. The SMILES string of the molecule is CCOC(=O)c1sc2ncnc(N(CC)CCO)c2c1C. The van der Waals surface area contributed by atoms with Gasteiger partial charge in [0.05, 0.1) is 18.6 Å². The molecule has 2 heterocycles. The van der Waals surface area contributed by atoms with Crippen LogP contribution in [0.25, 0.3) is 10.2 Å². The van der Waals surface area contributed by atoms with Gasteiger partial charge in [0.2, 0.25) is 0 Å². The fourth-order valence-corrected chi connectivity index (χ4v) is 3.26. The van der Waals surface area contributed by atoms with Gasteiger partial charge in [0.15, 0.2) is 0 Å². The summed E-state index contributed by atoms with van der Waals surface area (Å²) in [6.45, 7) is 7.27. The van der Waals surface area contributed by atoms with Crippen LogP contribution in [0.15, 0.2) is 6.33 Å². The van der Waals surface area contributed by atoms with Crippen LogP contribution >= 0.6 is 11.3 Å². The number of aliphatic hydroxyl groups is 1. The summed E-state index contributed by atoms with van der Waals surface area (Å²) in [5, 5.41) is 10.0. The lowest BCUT2D eigenvalue weighted by atomic mass is 10.2. The van der Waals surface area contributed by atoms with Crippen LogP contribution in [-0.2, 0) is 4.74 Å². The van der Waals surface area contributed by atoms with Gasteiger partial charge in [-0.2, -0.15) is 0 Å². The van der Waals surface area contributed by atoms with E-state index in [0.717, 1.165) is 28.1 Å². The Kier molecular flexibility index (Phi) is 5.08. The number of hydrogen-bond acceptors (Lipinski definition) is 7. The van der Waals surface area contributed by atoms with Gasteiger partial charge in [0.25, 0.3) is 0 Å². The first-order chi connectivity index (χ1) is 10.1. The van der Waals surface area contributed by atoms with E-state index in [0.29, 0.717) is 18.0 Å². The number of hydrogen-bond donors (Lipinski definition) is 1. The van der Waals surface area contributed by atoms with Gasteiger partial charge in [-0.3, -0.25) is 0 Å². The molecule has 0 unspecified atom stereocenters. The van der Waals surface area contributed by atoms with Crippen LogP contribution in [0.5, 0.6) is 0 Å². The number of anilines is 1. The molecule has 7 heteroatoms. The maximum Gasteiger partial charge on any atom is 0.348 e. The zero-order valence-corrected chi connectivity index (χ0v) is 13.2. The van der Waals surface area contributed by atoms with E-state index < -0.39 is 0 Å². The molecule has 0 atom stereocenters. The smallest absolute Gasteiger partial charge is 0.348 e. The van der Waals surface area contributed by atoms with E-state index in [1.807, 2.05) is 18.7 Å². The van der Waals surface area contributed by atoms with Crippen molar-refractivity contribution in [3.05, 3.63) is 16.8 Å². The van der Waals surface area contributed by atoms with E-state index in [2.05, 4.69) is 9.97 Å². The minimum atomic E-state index is -0.325. The average molecular weight is 309 g/mol. The summed E-state index contributed by atoms with van der Waals surface area (Å²) in [5.41, 5.74) is 0.834. The number of nitrogens with zero attached hydrogens (tertiary/aromatic N) is 3. The first kappa shape index (κ1) is 15.7. The molecule has 0 aliphatic rings. The van der Waals surface area contributed by atoms with Crippen molar-refractivity contribution < 1.29 is 14.6 Å². The van der Waals surface area contributed by atoms with E-state index >= 15 is 0 Å². The molecule has 0 amide bonds. The Balaban J connectivity index is 2.56. The van der Waals surface area contributed by atoms with Crippen LogP contribution in [-0.4, -0.2) is 47.3 Å². The van der Waals surface area contributed by atoms with Crippen molar-refractivity contribution in [3.8, 4) is 0 Å². The third-order valence-electron chi connectivity index (χ3n) is 3.22. The number of esters is 1. The molecule has 0 spiro atoms. The zero-order chi connectivity index (χ0) is 15.4. The van der Waals surface area contributed by atoms with Crippen molar-refractivity contribution in [1.29, 1.82) is 0 Å². The number of carbonyl (C=O) groups excluding carboxylic acids is 1. The van der Waals surface area contributed by atoms with Crippen molar-refractivity contribution in [2.24, 2.45) is 0 Å². The molecule has 2 aromatic rings. The van der Waals surface area contributed by atoms with Gasteiger partial charge in [-0.05, 0) is 26.3 Å². The minimum Gasteiger partial charge on any atom is -0.462 e. The molecule has 0 bridgehead atoms. The van der Waals surface area contributed by atoms with Gasteiger partial charge in [-0.25, -0.2) is 14.8 Å². The molecule has 0 aliphatic heterocycles. The maximum atomic E-state index is 12.0. The lowest BCUT2D eigenvalue weighted by Gasteiger charge is -2.21. The highest BCUT2D eigenvalue weighted by atomic mass is 32.1. The Bertz CT molecular complexity index is 642. The average Bonchev–Trinajstić information content (AvgIpc) is 2.82. The Morgan fingerprint density at radius 1 is 1.43 bits per heavy atom. The first-order valence-corrected chi connectivity index (χ1v) is 7.72. The highest BCUT2D eigenvalue weighted by molar-refractivity contribution is 7.20. The molecule has 6 nitrogen and oxygen atoms in total. The fraction of sp³-hybridized carbons (Fsp3) is 0.500. The number of rotatable bonds is 6. The molecular formula is C14H19N3O3S. The molecule has 21 heavy (non-hydrogen) atoms. The second-order valence-corrected chi connectivity index (χ2v) is 5.46. The third kappa shape index (κ3) is 2.98. The summed E-state index contributed by atoms with van der Waals surface area (Å²) in [4.78, 5) is 23.9. The highest BCUT2D eigenvalue weighted by Crippen LogP contribution is 2.35. The second kappa shape index (κ2) is 6.82. The quantitative estimate of drug-likeness (QED) is 0.823. The van der Waals surface area contributed by atoms with Crippen molar-refractivity contribution in [2.75, 3.05) is 31.2 Å². The summed E-state index contributed by atoms with van der Waals surface area (Å²) in [5.74, 6) is 0.426. The predicted octanol–water partition coefficient (Wildman–Crippen LogP) is 2.00. The van der Waals surface area contributed by atoms with Gasteiger partial charge in [0, 0.05) is 13.1 Å². The summed E-state index contributed by atoms with van der Waals surface area (Å²) < 4.78 is 5.08. The lowest BCUT2D eigenvalue weighted by molar-refractivity contribution is 0.0531. The maximum absolute atomic E-state index is 12.0. The summed E-state index contributed by atoms with van der Waals surface area (Å²) in [7, 11) is 0. The minimum absolute atomic E-state index is 0.0489. The monoisotopic (exact) mass is 309 g/mol. The van der Waals surface area contributed by atoms with Crippen molar-refractivity contribution in [3.63, 3.8) is 0 Å². The zero-order valence-electron chi connectivity index (χ0n) is 12.4. The fourth-order valence-electron chi connectivity index (χ4n) is 2.22. The molecule has 0 aliphatic carbocycles. The lowest BCUT2D eigenvalue weighted by Crippen LogP contribution is -2.27. The van der Waals surface area contributed by atoms with Crippen LogP contribution in [0.2, 0.25) is 0 Å². The molecule has 0 saturated heterocycles. The Morgan fingerprint density at radius 3 is 2.81 bits per heavy atom. The van der Waals surface area contributed by atoms with E-state index in [1.165, 1.54) is 17.7 Å². The van der Waals surface area contributed by atoms with Crippen molar-refractivity contribution in [2.45, 2.75) is 20.8 Å². The molecule has 1 N–H and O–H groups in total. The summed E-state index contributed by atoms with van der Waals surface area (Å²) >= 11 is 1.32. The molecule has 2 rings (SSSR count). The molecule has 0 fully saturated rings. The van der Waals surface area contributed by atoms with Gasteiger partial charge in [0.1, 0.15) is 21.9 Å². The molecule has 114 valence electrons. The van der Waals surface area contributed by atoms with Gasteiger partial charge >= 0.3 is 5.97 Å².